The van der Waals surface area contributed by atoms with E-state index in [1.807, 2.05) is 0 Å². The first kappa shape index (κ1) is 13.1. The number of aliphatic carboxylic acids is 2. The maximum absolute atomic E-state index is 9.99. The molecule has 4 N–H and O–H groups in total. The van der Waals surface area contributed by atoms with Crippen LogP contribution in [0, 0.1) is 9.93 Å². The molecule has 0 saturated carbocycles. The van der Waals surface area contributed by atoms with Crippen LogP contribution in [0.3, 0.4) is 0 Å². The molecule has 7 heteroatoms. The molecule has 0 rings (SSSR count). The molecule has 70 valence electrons. The third-order valence-electron chi connectivity index (χ3n) is 0.986. The van der Waals surface area contributed by atoms with Gasteiger partial charge in [-0.25, -0.2) is 0 Å². The van der Waals surface area contributed by atoms with E-state index in [1.54, 1.807) is 0 Å². The predicted molar refractivity (Wildman–Crippen MR) is 39.2 cm³/mol. The molecule has 0 radical (unpaired) electrons. The van der Waals surface area contributed by atoms with Crippen molar-refractivity contribution in [3.05, 3.63) is 9.93 Å². The van der Waals surface area contributed by atoms with Crippen LogP contribution in [0.25, 0.3) is 0 Å². The molecule has 0 aliphatic heterocycles. The van der Waals surface area contributed by atoms with Crippen molar-refractivity contribution in [3.8, 4) is 0 Å². The zero-order valence-electron chi connectivity index (χ0n) is 6.10. The molecule has 0 bridgehead atoms. The van der Waals surface area contributed by atoms with Crippen LogP contribution < -0.4 is 5.73 Å². The molecule has 0 spiro atoms. The number of hydrogen-bond donors (Lipinski definition) is 3. The minimum absolute atomic E-state index is 0.0231. The average Bonchev–Trinajstić information content (AvgIpc) is 2.03. The Hall–Kier alpha value is -1.50. The summed E-state index contributed by atoms with van der Waals surface area (Å²) < 4.78 is 0. The first-order chi connectivity index (χ1) is 5.54. The van der Waals surface area contributed by atoms with E-state index in [0.29, 0.717) is 0 Å². The first-order valence-corrected chi connectivity index (χ1v) is 2.91. The third kappa shape index (κ3) is 8.50. The molecule has 0 amide bonds. The van der Waals surface area contributed by atoms with Crippen LogP contribution in [0.1, 0.15) is 12.8 Å². The SMILES string of the molecule is NC(CCC(=O)O)C(=O)O.O=O. The zero-order chi connectivity index (χ0) is 10.1. The largest absolute Gasteiger partial charge is 0.481 e. The highest BCUT2D eigenvalue weighted by atomic mass is 16.7. The Bertz CT molecular complexity index is 158. The highest BCUT2D eigenvalue weighted by Gasteiger charge is 2.12. The first-order valence-electron chi connectivity index (χ1n) is 2.91. The highest BCUT2D eigenvalue weighted by Crippen LogP contribution is 1.93. The number of carbonyl (C=O) groups is 2. The number of rotatable bonds is 4. The molecular weight excluding hydrogens is 170 g/mol. The normalized spacial score (nSPS) is 10.8. The van der Waals surface area contributed by atoms with E-state index in [1.165, 1.54) is 0 Å². The zero-order valence-corrected chi connectivity index (χ0v) is 6.10. The average molecular weight is 179 g/mol. The Labute approximate surface area is 67.4 Å². The molecule has 0 aromatic carbocycles. The number of hydrogen-bond acceptors (Lipinski definition) is 5. The Morgan fingerprint density at radius 2 is 1.67 bits per heavy atom. The quantitative estimate of drug-likeness (QED) is 0.520. The fourth-order valence-electron chi connectivity index (χ4n) is 0.402. The molecule has 0 aliphatic carbocycles. The van der Waals surface area contributed by atoms with Crippen LogP contribution in [0.4, 0.5) is 0 Å². The van der Waals surface area contributed by atoms with Crippen molar-refractivity contribution in [1.29, 1.82) is 0 Å². The molecule has 0 saturated heterocycles. The minimum atomic E-state index is -1.17. The van der Waals surface area contributed by atoms with Gasteiger partial charge in [0.2, 0.25) is 0 Å². The second kappa shape index (κ2) is 7.61. The lowest BCUT2D eigenvalue weighted by molar-refractivity contribution is -0.139. The van der Waals surface area contributed by atoms with Crippen LogP contribution in [0.15, 0.2) is 0 Å². The van der Waals surface area contributed by atoms with Gasteiger partial charge >= 0.3 is 11.9 Å². The Balaban J connectivity index is 0. The summed E-state index contributed by atoms with van der Waals surface area (Å²) in [6, 6.07) is -1.06. The Morgan fingerprint density at radius 1 is 1.25 bits per heavy atom. The maximum Gasteiger partial charge on any atom is 0.320 e. The topological polar surface area (TPSA) is 135 Å². The van der Waals surface area contributed by atoms with Gasteiger partial charge in [-0.3, -0.25) is 9.59 Å². The van der Waals surface area contributed by atoms with Gasteiger partial charge in [0.1, 0.15) is 6.04 Å². The monoisotopic (exact) mass is 179 g/mol. The van der Waals surface area contributed by atoms with E-state index in [9.17, 15) is 9.59 Å². The van der Waals surface area contributed by atoms with E-state index >= 15 is 0 Å². The van der Waals surface area contributed by atoms with Crippen LogP contribution in [-0.4, -0.2) is 28.2 Å². The minimum Gasteiger partial charge on any atom is -0.481 e. The van der Waals surface area contributed by atoms with Gasteiger partial charge in [0.05, 0.1) is 0 Å². The molecular formula is C5H9NO6. The van der Waals surface area contributed by atoms with Gasteiger partial charge in [-0.15, -0.1) is 0 Å². The maximum atomic E-state index is 9.99. The smallest absolute Gasteiger partial charge is 0.320 e. The van der Waals surface area contributed by atoms with Crippen molar-refractivity contribution in [2.45, 2.75) is 18.9 Å². The lowest BCUT2D eigenvalue weighted by atomic mass is 10.2. The van der Waals surface area contributed by atoms with Gasteiger partial charge in [-0.2, -0.15) is 0 Å². The fourth-order valence-corrected chi connectivity index (χ4v) is 0.402. The lowest BCUT2D eigenvalue weighted by Crippen LogP contribution is -2.30. The fraction of sp³-hybridized carbons (Fsp3) is 0.600. The van der Waals surface area contributed by atoms with Crippen molar-refractivity contribution in [1.82, 2.24) is 0 Å². The van der Waals surface area contributed by atoms with Gasteiger partial charge in [0.15, 0.2) is 0 Å². The molecule has 1 atom stereocenters. The van der Waals surface area contributed by atoms with Gasteiger partial charge in [-0.1, -0.05) is 0 Å². The summed E-state index contributed by atoms with van der Waals surface area (Å²) in [5, 5.41) is 16.3. The van der Waals surface area contributed by atoms with Crippen LogP contribution in [-0.2, 0) is 9.59 Å². The summed E-state index contributed by atoms with van der Waals surface area (Å²) in [6.45, 7) is 0. The second-order valence-electron chi connectivity index (χ2n) is 1.88. The molecule has 0 aromatic heterocycles. The van der Waals surface area contributed by atoms with Crippen LogP contribution >= 0.6 is 0 Å². The highest BCUT2D eigenvalue weighted by molar-refractivity contribution is 5.74. The van der Waals surface area contributed by atoms with Gasteiger partial charge in [0.25, 0.3) is 0 Å². The van der Waals surface area contributed by atoms with Gasteiger partial charge in [0, 0.05) is 16.4 Å². The molecule has 0 aliphatic rings. The second-order valence-corrected chi connectivity index (χ2v) is 1.88. The van der Waals surface area contributed by atoms with Gasteiger partial charge < -0.3 is 15.9 Å². The van der Waals surface area contributed by atoms with E-state index in [4.69, 9.17) is 25.9 Å². The number of carboxylic acids is 2. The van der Waals surface area contributed by atoms with E-state index in [-0.39, 0.29) is 12.8 Å². The summed E-state index contributed by atoms with van der Waals surface area (Å²) in [6.07, 6.45) is -0.224. The lowest BCUT2D eigenvalue weighted by Gasteiger charge is -2.01. The van der Waals surface area contributed by atoms with E-state index in [2.05, 4.69) is 0 Å². The third-order valence-corrected chi connectivity index (χ3v) is 0.986. The van der Waals surface area contributed by atoms with Crippen molar-refractivity contribution in [2.24, 2.45) is 5.73 Å². The van der Waals surface area contributed by atoms with Crippen LogP contribution in [0.2, 0.25) is 0 Å². The molecule has 0 aromatic rings. The summed E-state index contributed by atoms with van der Waals surface area (Å²) in [7, 11) is 0. The van der Waals surface area contributed by atoms with Crippen molar-refractivity contribution < 1.29 is 19.8 Å². The Morgan fingerprint density at radius 3 is 1.92 bits per heavy atom. The molecule has 0 fully saturated rings. The number of nitrogens with two attached hydrogens (primary N) is 1. The summed E-state index contributed by atoms with van der Waals surface area (Å²) in [4.78, 5) is 33.9. The van der Waals surface area contributed by atoms with Crippen molar-refractivity contribution >= 4 is 11.9 Å². The van der Waals surface area contributed by atoms with E-state index < -0.39 is 18.0 Å². The van der Waals surface area contributed by atoms with Crippen molar-refractivity contribution in [2.75, 3.05) is 0 Å². The van der Waals surface area contributed by atoms with Crippen LogP contribution in [0.5, 0.6) is 0 Å². The van der Waals surface area contributed by atoms with Gasteiger partial charge in [-0.05, 0) is 6.42 Å². The molecule has 12 heavy (non-hydrogen) atoms. The summed E-state index contributed by atoms with van der Waals surface area (Å²) in [5.41, 5.74) is 5.00. The molecule has 7 nitrogen and oxygen atoms in total. The predicted octanol–water partition coefficient (Wildman–Crippen LogP) is -0.670. The summed E-state index contributed by atoms with van der Waals surface area (Å²) >= 11 is 0. The molecule has 1 unspecified atom stereocenters. The summed E-state index contributed by atoms with van der Waals surface area (Å²) in [5.74, 6) is -2.20. The standard InChI is InChI=1S/C5H9NO4.O2/c6-3(5(9)10)1-2-4(7)8;1-2/h3H,1-2,6H2,(H,7,8)(H,9,10);. The van der Waals surface area contributed by atoms with E-state index in [0.717, 1.165) is 0 Å². The molecule has 0 heterocycles. The van der Waals surface area contributed by atoms with Crippen molar-refractivity contribution in [3.63, 3.8) is 0 Å². The Kier molecular flexibility index (Phi) is 8.31. The number of carboxylic acid groups (broad SMARTS) is 2.